The lowest BCUT2D eigenvalue weighted by atomic mass is 10.2. The lowest BCUT2D eigenvalue weighted by Crippen LogP contribution is -2.00. The molecule has 0 aromatic carbocycles. The van der Waals surface area contributed by atoms with Crippen molar-refractivity contribution < 1.29 is 14.3 Å². The van der Waals surface area contributed by atoms with Gasteiger partial charge in [0.25, 0.3) is 0 Å². The van der Waals surface area contributed by atoms with Gasteiger partial charge in [-0.2, -0.15) is 0 Å². The summed E-state index contributed by atoms with van der Waals surface area (Å²) in [5, 5.41) is 0.909. The minimum Gasteiger partial charge on any atom is -0.469 e. The molecule has 1 rings (SSSR count). The fraction of sp³-hybridized carbons (Fsp3) is 0.545. The van der Waals surface area contributed by atoms with Gasteiger partial charge in [0, 0.05) is 13.3 Å². The highest BCUT2D eigenvalue weighted by molar-refractivity contribution is 7.13. The Morgan fingerprint density at radius 1 is 1.44 bits per heavy atom. The number of nitrogens with zero attached hydrogens (tertiary/aromatic N) is 1. The van der Waals surface area contributed by atoms with Crippen molar-refractivity contribution in [2.75, 3.05) is 7.11 Å². The van der Waals surface area contributed by atoms with E-state index in [2.05, 4.69) is 9.72 Å². The van der Waals surface area contributed by atoms with Gasteiger partial charge >= 0.3 is 5.97 Å². The van der Waals surface area contributed by atoms with Gasteiger partial charge in [-0.25, -0.2) is 4.98 Å². The molecule has 0 aliphatic heterocycles. The summed E-state index contributed by atoms with van der Waals surface area (Å²) in [6.07, 6.45) is 1.81. The van der Waals surface area contributed by atoms with Crippen molar-refractivity contribution in [3.05, 3.63) is 15.6 Å². The Balaban J connectivity index is 2.52. The molecule has 4 nitrogen and oxygen atoms in total. The Morgan fingerprint density at radius 2 is 2.12 bits per heavy atom. The highest BCUT2D eigenvalue weighted by atomic mass is 32.1. The molecule has 5 heteroatoms. The van der Waals surface area contributed by atoms with Gasteiger partial charge in [-0.3, -0.25) is 9.59 Å². The van der Waals surface area contributed by atoms with Gasteiger partial charge in [-0.15, -0.1) is 11.3 Å². The number of methoxy groups -OCH3 is 1. The van der Waals surface area contributed by atoms with E-state index in [4.69, 9.17) is 0 Å². The molecule has 1 aromatic heterocycles. The number of thiazole rings is 1. The summed E-state index contributed by atoms with van der Waals surface area (Å²) in [5.41, 5.74) is 0.783. The zero-order valence-corrected chi connectivity index (χ0v) is 10.5. The van der Waals surface area contributed by atoms with E-state index in [-0.39, 0.29) is 11.8 Å². The molecule has 88 valence electrons. The van der Waals surface area contributed by atoms with Crippen LogP contribution in [0.15, 0.2) is 0 Å². The van der Waals surface area contributed by atoms with E-state index in [0.717, 1.165) is 10.7 Å². The molecular formula is C11H15NO3S. The number of Topliss-reactive ketones (excluding diaryl/α,β-unsaturated/α-hetero) is 1. The van der Waals surface area contributed by atoms with E-state index >= 15 is 0 Å². The van der Waals surface area contributed by atoms with Crippen LogP contribution < -0.4 is 0 Å². The van der Waals surface area contributed by atoms with Gasteiger partial charge in [-0.1, -0.05) is 0 Å². The second kappa shape index (κ2) is 5.75. The summed E-state index contributed by atoms with van der Waals surface area (Å²) >= 11 is 1.41. The second-order valence-electron chi connectivity index (χ2n) is 3.51. The summed E-state index contributed by atoms with van der Waals surface area (Å²) in [6.45, 7) is 3.37. The number of ether oxygens (including phenoxy) is 1. The summed E-state index contributed by atoms with van der Waals surface area (Å²) in [6, 6.07) is 0. The Morgan fingerprint density at radius 3 is 2.62 bits per heavy atom. The number of aromatic nitrogens is 1. The van der Waals surface area contributed by atoms with Crippen molar-refractivity contribution in [1.29, 1.82) is 0 Å². The van der Waals surface area contributed by atoms with Crippen LogP contribution >= 0.6 is 11.3 Å². The number of ketones is 1. The molecule has 0 spiro atoms. The fourth-order valence-electron chi connectivity index (χ4n) is 1.37. The predicted octanol–water partition coefficient (Wildman–Crippen LogP) is 2.15. The fourth-order valence-corrected chi connectivity index (χ4v) is 2.37. The Labute approximate surface area is 98.6 Å². The summed E-state index contributed by atoms with van der Waals surface area (Å²) in [7, 11) is 1.38. The van der Waals surface area contributed by atoms with Crippen LogP contribution in [0.1, 0.15) is 40.1 Å². The highest BCUT2D eigenvalue weighted by Gasteiger charge is 2.11. The van der Waals surface area contributed by atoms with E-state index < -0.39 is 0 Å². The maximum Gasteiger partial charge on any atom is 0.305 e. The van der Waals surface area contributed by atoms with Crippen LogP contribution in [-0.4, -0.2) is 23.8 Å². The average molecular weight is 241 g/mol. The van der Waals surface area contributed by atoms with Crippen LogP contribution in [0.5, 0.6) is 0 Å². The molecule has 0 radical (unpaired) electrons. The Bertz CT molecular complexity index is 398. The maximum atomic E-state index is 11.2. The van der Waals surface area contributed by atoms with Crippen molar-refractivity contribution in [3.8, 4) is 0 Å². The number of rotatable bonds is 5. The molecule has 0 bridgehead atoms. The van der Waals surface area contributed by atoms with Crippen molar-refractivity contribution >= 4 is 23.1 Å². The van der Waals surface area contributed by atoms with Gasteiger partial charge in [-0.05, 0) is 19.8 Å². The van der Waals surface area contributed by atoms with Gasteiger partial charge in [0.05, 0.1) is 22.7 Å². The van der Waals surface area contributed by atoms with Crippen molar-refractivity contribution in [1.82, 2.24) is 4.98 Å². The SMILES string of the molecule is COC(=O)CCCc1nc(C)c(C(C)=O)s1. The molecular weight excluding hydrogens is 226 g/mol. The number of hydrogen-bond acceptors (Lipinski definition) is 5. The van der Waals surface area contributed by atoms with Crippen LogP contribution in [0.3, 0.4) is 0 Å². The highest BCUT2D eigenvalue weighted by Crippen LogP contribution is 2.20. The lowest BCUT2D eigenvalue weighted by Gasteiger charge is -1.96. The summed E-state index contributed by atoms with van der Waals surface area (Å²) in [4.78, 5) is 27.1. The smallest absolute Gasteiger partial charge is 0.305 e. The third kappa shape index (κ3) is 3.41. The molecule has 16 heavy (non-hydrogen) atoms. The molecule has 0 aliphatic carbocycles. The van der Waals surface area contributed by atoms with Crippen LogP contribution in [0.2, 0.25) is 0 Å². The number of carbonyl (C=O) groups is 2. The Kier molecular flexibility index (Phi) is 4.61. The molecule has 0 saturated heterocycles. The molecule has 1 heterocycles. The molecule has 0 fully saturated rings. The van der Waals surface area contributed by atoms with Gasteiger partial charge < -0.3 is 4.74 Å². The zero-order valence-electron chi connectivity index (χ0n) is 9.70. The average Bonchev–Trinajstić information content (AvgIpc) is 2.59. The first-order valence-electron chi connectivity index (χ1n) is 5.08. The first-order valence-corrected chi connectivity index (χ1v) is 5.90. The zero-order chi connectivity index (χ0) is 12.1. The van der Waals surface area contributed by atoms with Crippen molar-refractivity contribution in [3.63, 3.8) is 0 Å². The standard InChI is InChI=1S/C11H15NO3S/c1-7-11(8(2)13)16-9(12-7)5-4-6-10(14)15-3/h4-6H2,1-3H3. The molecule has 0 N–H and O–H groups in total. The molecule has 1 aromatic rings. The van der Waals surface area contributed by atoms with E-state index in [0.29, 0.717) is 24.1 Å². The molecule has 0 aliphatic rings. The minimum absolute atomic E-state index is 0.0502. The third-order valence-corrected chi connectivity index (χ3v) is 3.48. The largest absolute Gasteiger partial charge is 0.469 e. The quantitative estimate of drug-likeness (QED) is 0.585. The van der Waals surface area contributed by atoms with Gasteiger partial charge in [0.15, 0.2) is 5.78 Å². The van der Waals surface area contributed by atoms with Crippen LogP contribution in [0.25, 0.3) is 0 Å². The first-order chi connectivity index (χ1) is 7.54. The van der Waals surface area contributed by atoms with E-state index in [1.54, 1.807) is 6.92 Å². The first kappa shape index (κ1) is 12.8. The van der Waals surface area contributed by atoms with Gasteiger partial charge in [0.2, 0.25) is 0 Å². The Hall–Kier alpha value is -1.23. The van der Waals surface area contributed by atoms with Crippen LogP contribution in [0.4, 0.5) is 0 Å². The van der Waals surface area contributed by atoms with E-state index in [1.807, 2.05) is 6.92 Å². The number of aryl methyl sites for hydroxylation is 2. The van der Waals surface area contributed by atoms with Crippen molar-refractivity contribution in [2.45, 2.75) is 33.1 Å². The molecule has 0 unspecified atom stereocenters. The monoisotopic (exact) mass is 241 g/mol. The van der Waals surface area contributed by atoms with Crippen molar-refractivity contribution in [2.24, 2.45) is 0 Å². The normalized spacial score (nSPS) is 10.2. The summed E-state index contributed by atoms with van der Waals surface area (Å²) in [5.74, 6) is -0.158. The topological polar surface area (TPSA) is 56.3 Å². The molecule has 0 atom stereocenters. The number of esters is 1. The number of carbonyl (C=O) groups excluding carboxylic acids is 2. The lowest BCUT2D eigenvalue weighted by molar-refractivity contribution is -0.140. The molecule has 0 amide bonds. The van der Waals surface area contributed by atoms with E-state index in [9.17, 15) is 9.59 Å². The maximum absolute atomic E-state index is 11.2. The van der Waals surface area contributed by atoms with Crippen LogP contribution in [0, 0.1) is 6.92 Å². The van der Waals surface area contributed by atoms with Crippen LogP contribution in [-0.2, 0) is 16.0 Å². The second-order valence-corrected chi connectivity index (χ2v) is 4.59. The predicted molar refractivity (Wildman–Crippen MR) is 61.8 cm³/mol. The third-order valence-electron chi connectivity index (χ3n) is 2.16. The van der Waals surface area contributed by atoms with Gasteiger partial charge in [0.1, 0.15) is 0 Å². The van der Waals surface area contributed by atoms with E-state index in [1.165, 1.54) is 18.4 Å². The minimum atomic E-state index is -0.208. The number of hydrogen-bond donors (Lipinski definition) is 0. The molecule has 0 saturated carbocycles. The summed E-state index contributed by atoms with van der Waals surface area (Å²) < 4.78 is 4.55.